The lowest BCUT2D eigenvalue weighted by Crippen LogP contribution is -2.32. The van der Waals surface area contributed by atoms with E-state index in [9.17, 15) is 15.0 Å². The van der Waals surface area contributed by atoms with Gasteiger partial charge in [-0.15, -0.1) is 0 Å². The van der Waals surface area contributed by atoms with Crippen LogP contribution >= 0.6 is 23.2 Å². The average Bonchev–Trinajstić information content (AvgIpc) is 3.42. The summed E-state index contributed by atoms with van der Waals surface area (Å²) in [5, 5.41) is 41.6. The van der Waals surface area contributed by atoms with Crippen LogP contribution in [0, 0.1) is 6.92 Å². The summed E-state index contributed by atoms with van der Waals surface area (Å²) < 4.78 is 5.91. The second-order valence-electron chi connectivity index (χ2n) is 8.76. The summed E-state index contributed by atoms with van der Waals surface area (Å²) in [4.78, 5) is 29.0. The van der Waals surface area contributed by atoms with Crippen LogP contribution in [-0.4, -0.2) is 73.6 Å². The summed E-state index contributed by atoms with van der Waals surface area (Å²) in [5.74, 6) is 0.780. The first-order valence-corrected chi connectivity index (χ1v) is 13.2. The van der Waals surface area contributed by atoms with E-state index in [4.69, 9.17) is 32.7 Å². The molecule has 0 radical (unpaired) electrons. The Morgan fingerprint density at radius 3 is 2.68 bits per heavy atom. The van der Waals surface area contributed by atoms with Crippen LogP contribution in [0.25, 0.3) is 11.3 Å². The van der Waals surface area contributed by atoms with Crippen molar-refractivity contribution in [2.24, 2.45) is 0 Å². The summed E-state index contributed by atoms with van der Waals surface area (Å²) in [6, 6.07) is 6.56. The first-order valence-electron chi connectivity index (χ1n) is 12.5. The van der Waals surface area contributed by atoms with Crippen LogP contribution in [0.4, 0.5) is 23.0 Å². The number of nitrogens with zero attached hydrogens (tertiary/aromatic N) is 4. The van der Waals surface area contributed by atoms with Crippen molar-refractivity contribution in [1.29, 1.82) is 0 Å². The van der Waals surface area contributed by atoms with Crippen molar-refractivity contribution in [3.63, 3.8) is 0 Å². The van der Waals surface area contributed by atoms with Crippen LogP contribution in [0.1, 0.15) is 22.1 Å². The number of aryl methyl sites for hydroxylation is 1. The van der Waals surface area contributed by atoms with Crippen LogP contribution in [0.2, 0.25) is 10.0 Å². The number of anilines is 4. The molecule has 1 unspecified atom stereocenters. The third-order valence-electron chi connectivity index (χ3n) is 5.67. The summed E-state index contributed by atoms with van der Waals surface area (Å²) in [6.45, 7) is 2.58. The Morgan fingerprint density at radius 1 is 1.10 bits per heavy atom. The molecule has 0 spiro atoms. The molecule has 3 heterocycles. The van der Waals surface area contributed by atoms with Crippen LogP contribution in [0.3, 0.4) is 0 Å². The molecule has 1 atom stereocenters. The molecule has 0 saturated carbocycles. The molecule has 41 heavy (non-hydrogen) atoms. The van der Waals surface area contributed by atoms with Crippen molar-refractivity contribution in [1.82, 2.24) is 25.3 Å². The van der Waals surface area contributed by atoms with E-state index in [-0.39, 0.29) is 30.9 Å². The molecule has 0 bridgehead atoms. The lowest BCUT2D eigenvalue weighted by atomic mass is 10.2. The summed E-state index contributed by atoms with van der Waals surface area (Å²) in [5.41, 5.74) is 1.28. The highest BCUT2D eigenvalue weighted by molar-refractivity contribution is 6.35. The molecule has 0 amide bonds. The lowest BCUT2D eigenvalue weighted by molar-refractivity contribution is 0.0697. The van der Waals surface area contributed by atoms with Gasteiger partial charge in [-0.25, -0.2) is 19.7 Å². The summed E-state index contributed by atoms with van der Waals surface area (Å²) in [6.07, 6.45) is 3.39. The molecule has 0 fully saturated rings. The quantitative estimate of drug-likeness (QED) is 0.104. The zero-order valence-corrected chi connectivity index (χ0v) is 23.4. The molecular formula is C26H28Cl2N8O5. The maximum Gasteiger partial charge on any atom is 0.339 e. The number of pyridine rings is 1. The standard InChI is InChI=1S/C26H28Cl2N8O5/c1-14-34-24(31-7-6-30-9-16(38)13-37)23(25(35-14)36-20-4-5-29-10-18(20)26(39)40)33-12-22-32-11-21(41-22)17-8-15(27)2-3-19(17)28/h2-5,8,10-11,16,30,33,37-38H,6-7,9,12-13H2,1H3,(H,39,40)(H2,29,31,34,35,36). The van der Waals surface area contributed by atoms with E-state index in [0.29, 0.717) is 63.5 Å². The Labute approximate surface area is 245 Å². The van der Waals surface area contributed by atoms with Crippen LogP contribution in [-0.2, 0) is 6.54 Å². The Bertz CT molecular complexity index is 1500. The fourth-order valence-corrected chi connectivity index (χ4v) is 4.11. The third kappa shape index (κ3) is 8.02. The van der Waals surface area contributed by atoms with Crippen molar-refractivity contribution in [3.8, 4) is 11.3 Å². The normalized spacial score (nSPS) is 11.7. The SMILES string of the molecule is Cc1nc(NCCNCC(O)CO)c(NCc2ncc(-c3cc(Cl)ccc3Cl)o2)c(Nc2ccncc2C(=O)O)n1. The van der Waals surface area contributed by atoms with Crippen molar-refractivity contribution >= 4 is 52.2 Å². The van der Waals surface area contributed by atoms with Crippen LogP contribution < -0.4 is 21.3 Å². The molecular weight excluding hydrogens is 575 g/mol. The van der Waals surface area contributed by atoms with E-state index in [2.05, 4.69) is 41.2 Å². The molecule has 0 aliphatic heterocycles. The zero-order valence-electron chi connectivity index (χ0n) is 21.9. The first kappa shape index (κ1) is 30.0. The number of halogens is 2. The van der Waals surface area contributed by atoms with Crippen LogP contribution in [0.5, 0.6) is 0 Å². The number of hydrogen-bond acceptors (Lipinski definition) is 12. The van der Waals surface area contributed by atoms with E-state index in [1.165, 1.54) is 18.5 Å². The van der Waals surface area contributed by atoms with Crippen molar-refractivity contribution in [2.45, 2.75) is 19.6 Å². The van der Waals surface area contributed by atoms with E-state index in [0.717, 1.165) is 0 Å². The van der Waals surface area contributed by atoms with Gasteiger partial charge < -0.3 is 41.0 Å². The van der Waals surface area contributed by atoms with Gasteiger partial charge in [0, 0.05) is 42.6 Å². The number of rotatable bonds is 14. The second-order valence-corrected chi connectivity index (χ2v) is 9.60. The van der Waals surface area contributed by atoms with Gasteiger partial charge in [0.25, 0.3) is 0 Å². The molecule has 0 aliphatic rings. The molecule has 13 nitrogen and oxygen atoms in total. The number of aromatic carboxylic acids is 1. The number of benzene rings is 1. The third-order valence-corrected chi connectivity index (χ3v) is 6.24. The highest BCUT2D eigenvalue weighted by Crippen LogP contribution is 2.33. The lowest BCUT2D eigenvalue weighted by Gasteiger charge is -2.18. The minimum atomic E-state index is -1.15. The number of nitrogens with one attached hydrogen (secondary N) is 4. The Kier molecular flexibility index (Phi) is 10.3. The second kappa shape index (κ2) is 14.1. The Balaban J connectivity index is 1.59. The Hall–Kier alpha value is -4.01. The predicted octanol–water partition coefficient (Wildman–Crippen LogP) is 3.55. The van der Waals surface area contributed by atoms with Gasteiger partial charge in [0.2, 0.25) is 5.89 Å². The van der Waals surface area contributed by atoms with Gasteiger partial charge in [-0.3, -0.25) is 4.98 Å². The number of carboxylic acid groups (broad SMARTS) is 1. The van der Waals surface area contributed by atoms with E-state index < -0.39 is 12.1 Å². The largest absolute Gasteiger partial charge is 0.478 e. The highest BCUT2D eigenvalue weighted by atomic mass is 35.5. The number of oxazole rings is 1. The molecule has 3 aromatic heterocycles. The molecule has 15 heteroatoms. The molecule has 7 N–H and O–H groups in total. The summed E-state index contributed by atoms with van der Waals surface area (Å²) in [7, 11) is 0. The van der Waals surface area contributed by atoms with Gasteiger partial charge in [0.1, 0.15) is 17.1 Å². The fourth-order valence-electron chi connectivity index (χ4n) is 3.73. The van der Waals surface area contributed by atoms with Gasteiger partial charge in [-0.2, -0.15) is 0 Å². The average molecular weight is 603 g/mol. The van der Waals surface area contributed by atoms with Crippen molar-refractivity contribution in [3.05, 3.63) is 70.2 Å². The number of aliphatic hydroxyl groups excluding tert-OH is 2. The monoisotopic (exact) mass is 602 g/mol. The first-order chi connectivity index (χ1) is 19.7. The van der Waals surface area contributed by atoms with Crippen molar-refractivity contribution in [2.75, 3.05) is 42.2 Å². The fraction of sp³-hybridized carbons (Fsp3) is 0.269. The van der Waals surface area contributed by atoms with Gasteiger partial charge in [0.15, 0.2) is 17.4 Å². The van der Waals surface area contributed by atoms with Crippen molar-refractivity contribution < 1.29 is 24.5 Å². The molecule has 216 valence electrons. The zero-order chi connectivity index (χ0) is 29.4. The molecule has 0 aliphatic carbocycles. The minimum Gasteiger partial charge on any atom is -0.478 e. The van der Waals surface area contributed by atoms with Gasteiger partial charge in [-0.1, -0.05) is 23.2 Å². The smallest absolute Gasteiger partial charge is 0.339 e. The highest BCUT2D eigenvalue weighted by Gasteiger charge is 2.18. The molecule has 4 aromatic rings. The number of aromatic nitrogens is 4. The maximum absolute atomic E-state index is 11.8. The topological polar surface area (TPSA) is 191 Å². The van der Waals surface area contributed by atoms with Crippen LogP contribution in [0.15, 0.2) is 47.3 Å². The van der Waals surface area contributed by atoms with Gasteiger partial charge in [0.05, 0.1) is 36.2 Å². The van der Waals surface area contributed by atoms with Gasteiger partial charge in [-0.05, 0) is 31.2 Å². The number of hydrogen-bond donors (Lipinski definition) is 7. The number of carboxylic acids is 1. The molecule has 0 saturated heterocycles. The van der Waals surface area contributed by atoms with E-state index >= 15 is 0 Å². The minimum absolute atomic E-state index is 0.0355. The maximum atomic E-state index is 11.8. The van der Waals surface area contributed by atoms with Gasteiger partial charge >= 0.3 is 5.97 Å². The van der Waals surface area contributed by atoms with E-state index in [1.54, 1.807) is 31.3 Å². The van der Waals surface area contributed by atoms with E-state index in [1.807, 2.05) is 0 Å². The Morgan fingerprint density at radius 2 is 1.90 bits per heavy atom. The predicted molar refractivity (Wildman–Crippen MR) is 155 cm³/mol. The molecule has 4 rings (SSSR count). The number of carbonyl (C=O) groups is 1. The summed E-state index contributed by atoms with van der Waals surface area (Å²) >= 11 is 12.4. The number of aliphatic hydroxyl groups is 2. The molecule has 1 aromatic carbocycles.